The summed E-state index contributed by atoms with van der Waals surface area (Å²) in [6.45, 7) is 9.18. The van der Waals surface area contributed by atoms with E-state index in [1.807, 2.05) is 12.1 Å². The van der Waals surface area contributed by atoms with E-state index in [-0.39, 0.29) is 6.61 Å². The van der Waals surface area contributed by atoms with Gasteiger partial charge in [-0.3, -0.25) is 0 Å². The van der Waals surface area contributed by atoms with Crippen molar-refractivity contribution >= 4 is 11.6 Å². The van der Waals surface area contributed by atoms with E-state index >= 15 is 0 Å². The van der Waals surface area contributed by atoms with Gasteiger partial charge in [-0.05, 0) is 31.6 Å². The number of aliphatic hydroxyl groups excluding tert-OH is 1. The van der Waals surface area contributed by atoms with Gasteiger partial charge in [0.15, 0.2) is 0 Å². The molecule has 4 nitrogen and oxygen atoms in total. The Labute approximate surface area is 133 Å². The van der Waals surface area contributed by atoms with Gasteiger partial charge in [0.05, 0.1) is 5.02 Å². The van der Waals surface area contributed by atoms with Gasteiger partial charge in [0.25, 0.3) is 0 Å². The number of para-hydroxylation sites is 1. The highest BCUT2D eigenvalue weighted by Gasteiger charge is 2.07. The number of halogens is 1. The van der Waals surface area contributed by atoms with E-state index in [1.54, 1.807) is 12.1 Å². The highest BCUT2D eigenvalue weighted by molar-refractivity contribution is 6.32. The van der Waals surface area contributed by atoms with E-state index in [4.69, 9.17) is 16.3 Å². The number of hydrogen-bond acceptors (Lipinski definition) is 4. The number of ether oxygens (including phenoxy) is 1. The summed E-state index contributed by atoms with van der Waals surface area (Å²) in [6.07, 6.45) is 0.629. The van der Waals surface area contributed by atoms with Gasteiger partial charge in [-0.25, -0.2) is 0 Å². The molecule has 0 saturated heterocycles. The van der Waals surface area contributed by atoms with E-state index in [1.165, 1.54) is 6.42 Å². The van der Waals surface area contributed by atoms with E-state index in [0.29, 0.717) is 17.3 Å². The summed E-state index contributed by atoms with van der Waals surface area (Å²) in [5, 5.41) is 13.7. The fraction of sp³-hybridized carbons (Fsp3) is 0.625. The number of rotatable bonds is 11. The van der Waals surface area contributed by atoms with Crippen LogP contribution in [-0.4, -0.2) is 55.4 Å². The van der Waals surface area contributed by atoms with Crippen LogP contribution in [0, 0.1) is 0 Å². The third-order valence-corrected chi connectivity index (χ3v) is 3.55. The quantitative estimate of drug-likeness (QED) is 0.616. The molecular formula is C16H27ClN2O2. The minimum absolute atomic E-state index is 0.239. The Morgan fingerprint density at radius 1 is 1.29 bits per heavy atom. The van der Waals surface area contributed by atoms with Crippen molar-refractivity contribution in [2.45, 2.75) is 26.4 Å². The highest BCUT2D eigenvalue weighted by atomic mass is 35.5. The molecule has 0 aliphatic carbocycles. The maximum absolute atomic E-state index is 9.88. The molecule has 0 aliphatic heterocycles. The van der Waals surface area contributed by atoms with Crippen LogP contribution in [0.3, 0.4) is 0 Å². The molecule has 1 aromatic carbocycles. The van der Waals surface area contributed by atoms with Gasteiger partial charge < -0.3 is 20.1 Å². The van der Waals surface area contributed by atoms with Crippen molar-refractivity contribution in [3.63, 3.8) is 0 Å². The van der Waals surface area contributed by atoms with Crippen LogP contribution in [-0.2, 0) is 0 Å². The highest BCUT2D eigenvalue weighted by Crippen LogP contribution is 2.22. The summed E-state index contributed by atoms with van der Waals surface area (Å²) < 4.78 is 5.50. The molecule has 1 unspecified atom stereocenters. The molecule has 2 N–H and O–H groups in total. The summed E-state index contributed by atoms with van der Waals surface area (Å²) in [5.74, 6) is 0.610. The van der Waals surface area contributed by atoms with Crippen molar-refractivity contribution < 1.29 is 9.84 Å². The molecule has 0 bridgehead atoms. The summed E-state index contributed by atoms with van der Waals surface area (Å²) in [4.78, 5) is 2.39. The summed E-state index contributed by atoms with van der Waals surface area (Å²) in [6, 6.07) is 7.28. The molecule has 0 saturated carbocycles. The van der Waals surface area contributed by atoms with Gasteiger partial charge in [-0.2, -0.15) is 0 Å². The summed E-state index contributed by atoms with van der Waals surface area (Å²) >= 11 is 5.99. The Hall–Kier alpha value is -0.810. The van der Waals surface area contributed by atoms with Crippen molar-refractivity contribution in [2.24, 2.45) is 0 Å². The Bertz CT molecular complexity index is 390. The third kappa shape index (κ3) is 7.67. The maximum atomic E-state index is 9.88. The molecule has 1 aromatic rings. The second-order valence-corrected chi connectivity index (χ2v) is 5.44. The topological polar surface area (TPSA) is 44.7 Å². The fourth-order valence-corrected chi connectivity index (χ4v) is 2.25. The Morgan fingerprint density at radius 3 is 2.71 bits per heavy atom. The number of hydrogen-bond donors (Lipinski definition) is 2. The lowest BCUT2D eigenvalue weighted by Gasteiger charge is -2.20. The van der Waals surface area contributed by atoms with E-state index in [2.05, 4.69) is 24.1 Å². The number of nitrogens with zero attached hydrogens (tertiary/aromatic N) is 1. The second kappa shape index (κ2) is 10.9. The first kappa shape index (κ1) is 18.2. The molecular weight excluding hydrogens is 288 g/mol. The number of benzene rings is 1. The largest absolute Gasteiger partial charge is 0.489 e. The smallest absolute Gasteiger partial charge is 0.138 e. The molecule has 0 heterocycles. The van der Waals surface area contributed by atoms with Crippen LogP contribution < -0.4 is 10.1 Å². The van der Waals surface area contributed by atoms with Crippen LogP contribution in [0.15, 0.2) is 24.3 Å². The van der Waals surface area contributed by atoms with Crippen molar-refractivity contribution in [3.8, 4) is 5.75 Å². The van der Waals surface area contributed by atoms with Gasteiger partial charge in [-0.1, -0.05) is 37.6 Å². The molecule has 0 amide bonds. The van der Waals surface area contributed by atoms with Crippen LogP contribution in [0.4, 0.5) is 0 Å². The molecule has 1 atom stereocenters. The van der Waals surface area contributed by atoms with Crippen LogP contribution in [0.5, 0.6) is 5.75 Å². The first-order chi connectivity index (χ1) is 10.2. The van der Waals surface area contributed by atoms with Gasteiger partial charge in [0.1, 0.15) is 18.5 Å². The fourth-order valence-electron chi connectivity index (χ4n) is 2.06. The van der Waals surface area contributed by atoms with E-state index in [9.17, 15) is 5.11 Å². The molecule has 0 spiro atoms. The van der Waals surface area contributed by atoms with Crippen molar-refractivity contribution in [2.75, 3.05) is 39.3 Å². The van der Waals surface area contributed by atoms with Gasteiger partial charge >= 0.3 is 0 Å². The zero-order valence-corrected chi connectivity index (χ0v) is 13.8. The standard InChI is InChI=1S/C16H27ClN2O2/c1-3-10-19(4-2)11-9-18-12-14(20)13-21-16-8-6-5-7-15(16)17/h5-8,14,18,20H,3-4,9-13H2,1-2H3. The average Bonchev–Trinajstić information content (AvgIpc) is 2.49. The Balaban J connectivity index is 2.14. The normalized spacial score (nSPS) is 12.6. The molecule has 0 radical (unpaired) electrons. The lowest BCUT2D eigenvalue weighted by atomic mass is 10.3. The number of nitrogens with one attached hydrogen (secondary N) is 1. The molecule has 120 valence electrons. The lowest BCUT2D eigenvalue weighted by Crippen LogP contribution is -2.37. The lowest BCUT2D eigenvalue weighted by molar-refractivity contribution is 0.106. The molecule has 1 rings (SSSR count). The van der Waals surface area contributed by atoms with Crippen LogP contribution in [0.2, 0.25) is 5.02 Å². The van der Waals surface area contributed by atoms with Crippen LogP contribution in [0.25, 0.3) is 0 Å². The van der Waals surface area contributed by atoms with Crippen molar-refractivity contribution in [3.05, 3.63) is 29.3 Å². The predicted molar refractivity (Wildman–Crippen MR) is 88.2 cm³/mol. The first-order valence-electron chi connectivity index (χ1n) is 7.65. The van der Waals surface area contributed by atoms with Crippen LogP contribution in [0.1, 0.15) is 20.3 Å². The van der Waals surface area contributed by atoms with Gasteiger partial charge in [-0.15, -0.1) is 0 Å². The third-order valence-electron chi connectivity index (χ3n) is 3.24. The molecule has 5 heteroatoms. The average molecular weight is 315 g/mol. The second-order valence-electron chi connectivity index (χ2n) is 5.03. The number of aliphatic hydroxyl groups is 1. The first-order valence-corrected chi connectivity index (χ1v) is 8.03. The molecule has 0 fully saturated rings. The van der Waals surface area contributed by atoms with Crippen molar-refractivity contribution in [1.29, 1.82) is 0 Å². The van der Waals surface area contributed by atoms with Gasteiger partial charge in [0.2, 0.25) is 0 Å². The van der Waals surface area contributed by atoms with E-state index in [0.717, 1.165) is 26.2 Å². The van der Waals surface area contributed by atoms with Gasteiger partial charge in [0, 0.05) is 19.6 Å². The summed E-state index contributed by atoms with van der Waals surface area (Å²) in [5.41, 5.74) is 0. The minimum atomic E-state index is -0.539. The summed E-state index contributed by atoms with van der Waals surface area (Å²) in [7, 11) is 0. The Morgan fingerprint density at radius 2 is 2.05 bits per heavy atom. The van der Waals surface area contributed by atoms with E-state index < -0.39 is 6.10 Å². The molecule has 0 aliphatic rings. The van der Waals surface area contributed by atoms with Crippen molar-refractivity contribution in [1.82, 2.24) is 10.2 Å². The predicted octanol–water partition coefficient (Wildman–Crippen LogP) is 2.40. The minimum Gasteiger partial charge on any atom is -0.489 e. The Kier molecular flexibility index (Phi) is 9.42. The van der Waals surface area contributed by atoms with Crippen LogP contribution >= 0.6 is 11.6 Å². The zero-order valence-electron chi connectivity index (χ0n) is 13.0. The number of likely N-dealkylation sites (N-methyl/N-ethyl adjacent to an activating group) is 1. The molecule has 21 heavy (non-hydrogen) atoms. The zero-order chi connectivity index (χ0) is 15.5. The molecule has 0 aromatic heterocycles. The monoisotopic (exact) mass is 314 g/mol. The SMILES string of the molecule is CCCN(CC)CCNCC(O)COc1ccccc1Cl. The maximum Gasteiger partial charge on any atom is 0.138 e.